The first-order valence-electron chi connectivity index (χ1n) is 5.77. The zero-order chi connectivity index (χ0) is 13.5. The summed E-state index contributed by atoms with van der Waals surface area (Å²) in [6, 6.07) is 0. The maximum atomic E-state index is 10.9. The van der Waals surface area contributed by atoms with Gasteiger partial charge >= 0.3 is 11.9 Å². The number of hydrogen-bond acceptors (Lipinski definition) is 3. The van der Waals surface area contributed by atoms with Crippen molar-refractivity contribution >= 4 is 11.9 Å². The van der Waals surface area contributed by atoms with Crippen LogP contribution in [0.15, 0.2) is 12.2 Å². The number of rotatable bonds is 8. The molecule has 4 N–H and O–H groups in total. The monoisotopic (exact) mass is 243 g/mol. The molecular formula is C12H21NO4. The van der Waals surface area contributed by atoms with E-state index in [1.165, 1.54) is 0 Å². The van der Waals surface area contributed by atoms with Crippen LogP contribution < -0.4 is 5.73 Å². The minimum atomic E-state index is -1.25. The minimum Gasteiger partial charge on any atom is -0.481 e. The highest BCUT2D eigenvalue weighted by Gasteiger charge is 2.30. The number of carbonyl (C=O) groups is 2. The molecule has 17 heavy (non-hydrogen) atoms. The van der Waals surface area contributed by atoms with Gasteiger partial charge in [-0.3, -0.25) is 9.59 Å². The molecule has 5 nitrogen and oxygen atoms in total. The summed E-state index contributed by atoms with van der Waals surface area (Å²) in [4.78, 5) is 21.6. The summed E-state index contributed by atoms with van der Waals surface area (Å²) in [6.07, 6.45) is 4.87. The molecule has 0 aliphatic heterocycles. The molecule has 0 amide bonds. The van der Waals surface area contributed by atoms with Crippen LogP contribution in [0.2, 0.25) is 0 Å². The van der Waals surface area contributed by atoms with Crippen molar-refractivity contribution in [2.24, 2.45) is 11.7 Å². The average molecular weight is 243 g/mol. The second-order valence-corrected chi connectivity index (χ2v) is 4.17. The molecule has 0 aliphatic rings. The van der Waals surface area contributed by atoms with Crippen LogP contribution in [-0.4, -0.2) is 27.7 Å². The van der Waals surface area contributed by atoms with Crippen molar-refractivity contribution in [2.75, 3.05) is 0 Å². The average Bonchev–Trinajstić information content (AvgIpc) is 2.27. The van der Waals surface area contributed by atoms with E-state index in [0.29, 0.717) is 19.3 Å². The second-order valence-electron chi connectivity index (χ2n) is 4.17. The highest BCUT2D eigenvalue weighted by molar-refractivity contribution is 5.78. The van der Waals surface area contributed by atoms with Gasteiger partial charge in [0.1, 0.15) is 5.54 Å². The Kier molecular flexibility index (Phi) is 6.50. The van der Waals surface area contributed by atoms with Crippen LogP contribution >= 0.6 is 0 Å². The van der Waals surface area contributed by atoms with Crippen LogP contribution in [-0.2, 0) is 9.59 Å². The quantitative estimate of drug-likeness (QED) is 0.562. The number of nitrogens with two attached hydrogens (primary N) is 1. The predicted molar refractivity (Wildman–Crippen MR) is 64.6 cm³/mol. The topological polar surface area (TPSA) is 101 Å². The lowest BCUT2D eigenvalue weighted by molar-refractivity contribution is -0.143. The molecule has 0 spiro atoms. The number of carboxylic acid groups (broad SMARTS) is 2. The normalized spacial score (nSPS) is 16.6. The Balaban J connectivity index is 4.27. The van der Waals surface area contributed by atoms with Gasteiger partial charge in [-0.1, -0.05) is 26.0 Å². The lowest BCUT2D eigenvalue weighted by Crippen LogP contribution is -2.46. The first-order valence-corrected chi connectivity index (χ1v) is 5.77. The molecule has 2 unspecified atom stereocenters. The lowest BCUT2D eigenvalue weighted by atomic mass is 9.92. The van der Waals surface area contributed by atoms with E-state index in [2.05, 4.69) is 0 Å². The maximum absolute atomic E-state index is 10.9. The number of carboxylic acids is 2. The van der Waals surface area contributed by atoms with Gasteiger partial charge in [-0.25, -0.2) is 0 Å². The van der Waals surface area contributed by atoms with E-state index in [9.17, 15) is 9.59 Å². The Hall–Kier alpha value is -1.36. The first kappa shape index (κ1) is 15.6. The van der Waals surface area contributed by atoms with E-state index in [1.807, 2.05) is 6.92 Å². The fraction of sp³-hybridized carbons (Fsp3) is 0.667. The lowest BCUT2D eigenvalue weighted by Gasteiger charge is -2.20. The van der Waals surface area contributed by atoms with E-state index in [4.69, 9.17) is 15.9 Å². The summed E-state index contributed by atoms with van der Waals surface area (Å²) in [7, 11) is 0. The van der Waals surface area contributed by atoms with Gasteiger partial charge in [0, 0.05) is 0 Å². The molecular weight excluding hydrogens is 222 g/mol. The van der Waals surface area contributed by atoms with Crippen molar-refractivity contribution in [3.8, 4) is 0 Å². The zero-order valence-electron chi connectivity index (χ0n) is 10.3. The summed E-state index contributed by atoms with van der Waals surface area (Å²) < 4.78 is 0. The van der Waals surface area contributed by atoms with E-state index >= 15 is 0 Å². The third-order valence-electron chi connectivity index (χ3n) is 2.97. The van der Waals surface area contributed by atoms with Gasteiger partial charge in [0.2, 0.25) is 0 Å². The zero-order valence-corrected chi connectivity index (χ0v) is 10.3. The van der Waals surface area contributed by atoms with Gasteiger partial charge in [0.15, 0.2) is 0 Å². The Labute approximate surface area is 101 Å². The van der Waals surface area contributed by atoms with Gasteiger partial charge < -0.3 is 15.9 Å². The van der Waals surface area contributed by atoms with Gasteiger partial charge in [0.05, 0.1) is 5.92 Å². The van der Waals surface area contributed by atoms with Crippen LogP contribution in [0.3, 0.4) is 0 Å². The van der Waals surface area contributed by atoms with Crippen molar-refractivity contribution in [2.45, 2.75) is 45.1 Å². The molecule has 0 aromatic rings. The maximum Gasteiger partial charge on any atom is 0.323 e. The number of hydrogen-bond donors (Lipinski definition) is 3. The van der Waals surface area contributed by atoms with Crippen LogP contribution in [0.25, 0.3) is 0 Å². The Morgan fingerprint density at radius 1 is 1.29 bits per heavy atom. The van der Waals surface area contributed by atoms with Crippen LogP contribution in [0.1, 0.15) is 39.5 Å². The molecule has 0 saturated carbocycles. The summed E-state index contributed by atoms with van der Waals surface area (Å²) in [5.74, 6) is -2.27. The Morgan fingerprint density at radius 3 is 2.24 bits per heavy atom. The van der Waals surface area contributed by atoms with Gasteiger partial charge in [-0.05, 0) is 25.7 Å². The molecule has 0 bridgehead atoms. The molecule has 5 heteroatoms. The largest absolute Gasteiger partial charge is 0.481 e. The second kappa shape index (κ2) is 7.06. The summed E-state index contributed by atoms with van der Waals surface area (Å²) in [6.45, 7) is 3.53. The van der Waals surface area contributed by atoms with E-state index in [0.717, 1.165) is 0 Å². The van der Waals surface area contributed by atoms with E-state index < -0.39 is 23.4 Å². The van der Waals surface area contributed by atoms with Gasteiger partial charge in [0.25, 0.3) is 0 Å². The molecule has 0 heterocycles. The van der Waals surface area contributed by atoms with E-state index in [-0.39, 0.29) is 6.42 Å². The Morgan fingerprint density at radius 2 is 1.88 bits per heavy atom. The minimum absolute atomic E-state index is 0.217. The fourth-order valence-electron chi connectivity index (χ4n) is 1.38. The van der Waals surface area contributed by atoms with Crippen molar-refractivity contribution in [1.29, 1.82) is 0 Å². The summed E-state index contributed by atoms with van der Waals surface area (Å²) in [5.41, 5.74) is 4.43. The first-order chi connectivity index (χ1) is 7.87. The van der Waals surface area contributed by atoms with Gasteiger partial charge in [-0.2, -0.15) is 0 Å². The van der Waals surface area contributed by atoms with Crippen molar-refractivity contribution in [3.63, 3.8) is 0 Å². The van der Waals surface area contributed by atoms with Crippen LogP contribution in [0, 0.1) is 5.92 Å². The fourth-order valence-corrected chi connectivity index (χ4v) is 1.38. The standard InChI is InChI=1S/C12H21NO4/c1-3-9(10(14)15)7-5-6-8-12(13,4-2)11(16)17/h5-6,9H,3-4,7-8,13H2,1-2H3,(H,14,15)(H,16,17). The highest BCUT2D eigenvalue weighted by atomic mass is 16.4. The molecule has 0 aromatic heterocycles. The van der Waals surface area contributed by atoms with Crippen LogP contribution in [0.5, 0.6) is 0 Å². The molecule has 0 fully saturated rings. The highest BCUT2D eigenvalue weighted by Crippen LogP contribution is 2.14. The molecule has 0 aliphatic carbocycles. The molecule has 0 saturated heterocycles. The van der Waals surface area contributed by atoms with E-state index in [1.54, 1.807) is 19.1 Å². The predicted octanol–water partition coefficient (Wildman–Crippen LogP) is 1.63. The number of allylic oxidation sites excluding steroid dienone is 1. The SMILES string of the molecule is CCC(CC=CCC(N)(CC)C(=O)O)C(=O)O. The molecule has 2 atom stereocenters. The Bertz CT molecular complexity index is 301. The molecule has 0 rings (SSSR count). The van der Waals surface area contributed by atoms with Crippen molar-refractivity contribution in [1.82, 2.24) is 0 Å². The third-order valence-corrected chi connectivity index (χ3v) is 2.97. The van der Waals surface area contributed by atoms with Crippen LogP contribution in [0.4, 0.5) is 0 Å². The molecule has 0 radical (unpaired) electrons. The van der Waals surface area contributed by atoms with Gasteiger partial charge in [-0.15, -0.1) is 0 Å². The third kappa shape index (κ3) is 4.99. The van der Waals surface area contributed by atoms with Crippen molar-refractivity contribution < 1.29 is 19.8 Å². The molecule has 0 aromatic carbocycles. The summed E-state index contributed by atoms with van der Waals surface area (Å²) >= 11 is 0. The van der Waals surface area contributed by atoms with Crippen molar-refractivity contribution in [3.05, 3.63) is 12.2 Å². The molecule has 98 valence electrons. The smallest absolute Gasteiger partial charge is 0.323 e. The summed E-state index contributed by atoms with van der Waals surface area (Å²) in [5, 5.41) is 17.7. The number of aliphatic carboxylic acids is 2.